The SMILES string of the molecule is Cc1ccc(C(O)(c2ccc(C)cc2)[C@H]2CCN2[C@@H](C)c2ccccc2)cc1. The van der Waals surface area contributed by atoms with Crippen LogP contribution in [0.5, 0.6) is 0 Å². The van der Waals surface area contributed by atoms with Gasteiger partial charge in [0.15, 0.2) is 0 Å². The maximum Gasteiger partial charge on any atom is 0.130 e. The first kappa shape index (κ1) is 18.9. The lowest BCUT2D eigenvalue weighted by molar-refractivity contribution is -0.0893. The lowest BCUT2D eigenvalue weighted by Crippen LogP contribution is -2.60. The number of likely N-dealkylation sites (tertiary alicyclic amines) is 1. The van der Waals surface area contributed by atoms with Gasteiger partial charge in [0, 0.05) is 18.6 Å². The van der Waals surface area contributed by atoms with Gasteiger partial charge in [-0.15, -0.1) is 0 Å². The fourth-order valence-corrected chi connectivity index (χ4v) is 4.41. The molecule has 2 nitrogen and oxygen atoms in total. The summed E-state index contributed by atoms with van der Waals surface area (Å²) in [7, 11) is 0. The topological polar surface area (TPSA) is 23.5 Å². The highest BCUT2D eigenvalue weighted by molar-refractivity contribution is 5.41. The summed E-state index contributed by atoms with van der Waals surface area (Å²) in [5, 5.41) is 12.2. The van der Waals surface area contributed by atoms with Gasteiger partial charge in [0.2, 0.25) is 0 Å². The van der Waals surface area contributed by atoms with Gasteiger partial charge in [-0.05, 0) is 43.9 Å². The van der Waals surface area contributed by atoms with E-state index in [0.717, 1.165) is 24.1 Å². The van der Waals surface area contributed by atoms with E-state index < -0.39 is 5.60 Å². The van der Waals surface area contributed by atoms with Gasteiger partial charge in [-0.1, -0.05) is 90.0 Å². The van der Waals surface area contributed by atoms with Crippen molar-refractivity contribution in [2.24, 2.45) is 0 Å². The summed E-state index contributed by atoms with van der Waals surface area (Å²) in [6, 6.07) is 27.6. The maximum absolute atomic E-state index is 12.2. The average Bonchev–Trinajstić information content (AvgIpc) is 2.68. The Hall–Kier alpha value is -2.42. The van der Waals surface area contributed by atoms with Crippen molar-refractivity contribution in [1.82, 2.24) is 4.90 Å². The number of hydrogen-bond acceptors (Lipinski definition) is 2. The molecule has 1 aliphatic rings. The predicted molar refractivity (Wildman–Crippen MR) is 115 cm³/mol. The zero-order valence-electron chi connectivity index (χ0n) is 17.0. The Balaban J connectivity index is 1.75. The van der Waals surface area contributed by atoms with E-state index in [-0.39, 0.29) is 12.1 Å². The smallest absolute Gasteiger partial charge is 0.130 e. The van der Waals surface area contributed by atoms with Crippen LogP contribution in [0.3, 0.4) is 0 Å². The molecule has 0 amide bonds. The van der Waals surface area contributed by atoms with Crippen LogP contribution in [0.25, 0.3) is 0 Å². The Morgan fingerprint density at radius 3 is 1.75 bits per heavy atom. The number of hydrogen-bond donors (Lipinski definition) is 1. The highest BCUT2D eigenvalue weighted by atomic mass is 16.3. The molecule has 0 radical (unpaired) electrons. The molecule has 1 saturated heterocycles. The Morgan fingerprint density at radius 2 is 1.32 bits per heavy atom. The lowest BCUT2D eigenvalue weighted by atomic mass is 9.74. The summed E-state index contributed by atoms with van der Waals surface area (Å²) >= 11 is 0. The van der Waals surface area contributed by atoms with Crippen LogP contribution < -0.4 is 0 Å². The maximum atomic E-state index is 12.2. The fourth-order valence-electron chi connectivity index (χ4n) is 4.41. The van der Waals surface area contributed by atoms with E-state index >= 15 is 0 Å². The summed E-state index contributed by atoms with van der Waals surface area (Å²) in [5.74, 6) is 0. The molecular formula is C26H29NO. The molecule has 1 heterocycles. The number of aryl methyl sites for hydroxylation is 2. The predicted octanol–water partition coefficient (Wildman–Crippen LogP) is 5.37. The van der Waals surface area contributed by atoms with Gasteiger partial charge in [0.1, 0.15) is 5.60 Å². The molecule has 0 aliphatic carbocycles. The first-order chi connectivity index (χ1) is 13.5. The van der Waals surface area contributed by atoms with E-state index in [1.54, 1.807) is 0 Å². The molecule has 1 aliphatic heterocycles. The molecule has 1 N–H and O–H groups in total. The number of aliphatic hydroxyl groups is 1. The molecular weight excluding hydrogens is 342 g/mol. The Kier molecular flexibility index (Phi) is 5.09. The highest BCUT2D eigenvalue weighted by Crippen LogP contribution is 2.44. The van der Waals surface area contributed by atoms with Gasteiger partial charge in [0.25, 0.3) is 0 Å². The summed E-state index contributed by atoms with van der Waals surface area (Å²) in [6.07, 6.45) is 0.982. The van der Waals surface area contributed by atoms with Gasteiger partial charge < -0.3 is 5.11 Å². The summed E-state index contributed by atoms with van der Waals surface area (Å²) in [5.41, 5.74) is 4.62. The van der Waals surface area contributed by atoms with E-state index in [1.807, 2.05) is 0 Å². The van der Waals surface area contributed by atoms with Crippen LogP contribution in [0.2, 0.25) is 0 Å². The molecule has 144 valence electrons. The van der Waals surface area contributed by atoms with Gasteiger partial charge in [-0.25, -0.2) is 0 Å². The van der Waals surface area contributed by atoms with Crippen molar-refractivity contribution in [3.63, 3.8) is 0 Å². The Bertz CT molecular complexity index is 869. The third-order valence-corrected chi connectivity index (χ3v) is 6.31. The summed E-state index contributed by atoms with van der Waals surface area (Å²) in [4.78, 5) is 2.44. The van der Waals surface area contributed by atoms with Crippen LogP contribution in [0, 0.1) is 13.8 Å². The van der Waals surface area contributed by atoms with Crippen molar-refractivity contribution in [3.05, 3.63) is 107 Å². The van der Waals surface area contributed by atoms with E-state index in [2.05, 4.69) is 105 Å². The van der Waals surface area contributed by atoms with Gasteiger partial charge >= 0.3 is 0 Å². The minimum absolute atomic E-state index is 0.0492. The Labute approximate surface area is 168 Å². The number of nitrogens with zero attached hydrogens (tertiary/aromatic N) is 1. The van der Waals surface area contributed by atoms with Crippen molar-refractivity contribution in [2.75, 3.05) is 6.54 Å². The zero-order valence-corrected chi connectivity index (χ0v) is 17.0. The molecule has 3 aromatic carbocycles. The van der Waals surface area contributed by atoms with E-state index in [4.69, 9.17) is 0 Å². The first-order valence-electron chi connectivity index (χ1n) is 10.2. The normalized spacial score (nSPS) is 18.5. The molecule has 4 rings (SSSR count). The zero-order chi connectivity index (χ0) is 19.7. The second kappa shape index (κ2) is 7.54. The van der Waals surface area contributed by atoms with Crippen molar-refractivity contribution in [1.29, 1.82) is 0 Å². The molecule has 0 bridgehead atoms. The molecule has 0 unspecified atom stereocenters. The van der Waals surface area contributed by atoms with Gasteiger partial charge in [-0.3, -0.25) is 4.90 Å². The average molecular weight is 372 g/mol. The van der Waals surface area contributed by atoms with Crippen LogP contribution in [-0.4, -0.2) is 22.6 Å². The first-order valence-corrected chi connectivity index (χ1v) is 10.2. The van der Waals surface area contributed by atoms with E-state index in [9.17, 15) is 5.11 Å². The second-order valence-electron chi connectivity index (χ2n) is 8.13. The molecule has 2 atom stereocenters. The third-order valence-electron chi connectivity index (χ3n) is 6.31. The molecule has 1 fully saturated rings. The minimum Gasteiger partial charge on any atom is -0.379 e. The molecule has 28 heavy (non-hydrogen) atoms. The number of rotatable bonds is 5. The monoisotopic (exact) mass is 371 g/mol. The number of benzene rings is 3. The van der Waals surface area contributed by atoms with Crippen LogP contribution in [0.15, 0.2) is 78.9 Å². The van der Waals surface area contributed by atoms with E-state index in [1.165, 1.54) is 16.7 Å². The molecule has 3 aromatic rings. The summed E-state index contributed by atoms with van der Waals surface area (Å²) < 4.78 is 0. The van der Waals surface area contributed by atoms with Crippen LogP contribution in [0.4, 0.5) is 0 Å². The van der Waals surface area contributed by atoms with Crippen molar-refractivity contribution in [3.8, 4) is 0 Å². The molecule has 0 spiro atoms. The summed E-state index contributed by atoms with van der Waals surface area (Å²) in [6.45, 7) is 7.41. The fraction of sp³-hybridized carbons (Fsp3) is 0.308. The van der Waals surface area contributed by atoms with E-state index in [0.29, 0.717) is 0 Å². The molecule has 0 saturated carbocycles. The highest BCUT2D eigenvalue weighted by Gasteiger charge is 2.49. The van der Waals surface area contributed by atoms with Crippen LogP contribution >= 0.6 is 0 Å². The second-order valence-corrected chi connectivity index (χ2v) is 8.13. The molecule has 0 aromatic heterocycles. The van der Waals surface area contributed by atoms with Crippen molar-refractivity contribution in [2.45, 2.75) is 44.9 Å². The van der Waals surface area contributed by atoms with Gasteiger partial charge in [0.05, 0.1) is 0 Å². The quantitative estimate of drug-likeness (QED) is 0.651. The van der Waals surface area contributed by atoms with Crippen LogP contribution in [0.1, 0.15) is 47.2 Å². The van der Waals surface area contributed by atoms with Crippen LogP contribution in [-0.2, 0) is 5.60 Å². The van der Waals surface area contributed by atoms with Gasteiger partial charge in [-0.2, -0.15) is 0 Å². The Morgan fingerprint density at radius 1 is 0.821 bits per heavy atom. The van der Waals surface area contributed by atoms with Crippen molar-refractivity contribution >= 4 is 0 Å². The minimum atomic E-state index is -1.03. The van der Waals surface area contributed by atoms with Crippen molar-refractivity contribution < 1.29 is 5.11 Å². The third kappa shape index (κ3) is 3.28. The molecule has 2 heteroatoms. The lowest BCUT2D eigenvalue weighted by Gasteiger charge is -2.53. The largest absolute Gasteiger partial charge is 0.379 e. The standard InChI is InChI=1S/C26H29NO/c1-19-9-13-23(14-10-19)26(28,24-15-11-20(2)12-16-24)25-17-18-27(25)21(3)22-7-5-4-6-8-22/h4-16,21,25,28H,17-18H2,1-3H3/t21-,25+/m0/s1.